The third-order valence-electron chi connectivity index (χ3n) is 0.968. The molecular weight excluding hydrogens is 76.1 g/mol. The Morgan fingerprint density at radius 3 is 2.33 bits per heavy atom. The van der Waals surface area contributed by atoms with E-state index in [1.54, 1.807) is 0 Å². The van der Waals surface area contributed by atoms with Gasteiger partial charge in [0, 0.05) is 26.2 Å². The number of hydrogen-bond acceptors (Lipinski definition) is 1. The second-order valence-corrected chi connectivity index (χ2v) is 1.59. The standard InChI is InChI=1S/C4H9N2/c5-1-2-6-3-4-6/h5H,1-4H2. The molecule has 0 atom stereocenters. The zero-order chi connectivity index (χ0) is 4.41. The predicted molar refractivity (Wildman–Crippen MR) is 24.4 cm³/mol. The molecule has 6 heavy (non-hydrogen) atoms. The maximum absolute atomic E-state index is 6.73. The minimum Gasteiger partial charge on any atom is -0.299 e. The highest BCUT2D eigenvalue weighted by atomic mass is 15.3. The summed E-state index contributed by atoms with van der Waals surface area (Å²) in [6.07, 6.45) is 0. The van der Waals surface area contributed by atoms with Crippen LogP contribution >= 0.6 is 0 Å². The van der Waals surface area contributed by atoms with E-state index in [2.05, 4.69) is 4.90 Å². The van der Waals surface area contributed by atoms with E-state index in [0.717, 1.165) is 6.54 Å². The van der Waals surface area contributed by atoms with Crippen LogP contribution in [0.25, 0.3) is 0 Å². The van der Waals surface area contributed by atoms with Crippen molar-refractivity contribution in [3.8, 4) is 0 Å². The molecule has 1 fully saturated rings. The first-order valence-electron chi connectivity index (χ1n) is 2.30. The topological polar surface area (TPSA) is 26.8 Å². The van der Waals surface area contributed by atoms with Crippen LogP contribution in [-0.4, -0.2) is 31.1 Å². The molecule has 0 aromatic rings. The van der Waals surface area contributed by atoms with E-state index in [9.17, 15) is 0 Å². The van der Waals surface area contributed by atoms with Gasteiger partial charge in [-0.05, 0) is 0 Å². The molecule has 0 saturated carbocycles. The van der Waals surface area contributed by atoms with Gasteiger partial charge in [0.2, 0.25) is 0 Å². The summed E-state index contributed by atoms with van der Waals surface area (Å²) in [4.78, 5) is 2.24. The lowest BCUT2D eigenvalue weighted by Gasteiger charge is -1.88. The van der Waals surface area contributed by atoms with Crippen molar-refractivity contribution in [3.63, 3.8) is 0 Å². The fraction of sp³-hybridized carbons (Fsp3) is 1.00. The van der Waals surface area contributed by atoms with E-state index < -0.39 is 0 Å². The molecular formula is C4H9N2. The molecule has 35 valence electrons. The van der Waals surface area contributed by atoms with Crippen molar-refractivity contribution < 1.29 is 0 Å². The van der Waals surface area contributed by atoms with Crippen LogP contribution in [0.5, 0.6) is 0 Å². The maximum Gasteiger partial charge on any atom is 0.0228 e. The molecule has 1 N–H and O–H groups in total. The van der Waals surface area contributed by atoms with Crippen molar-refractivity contribution in [1.82, 2.24) is 10.6 Å². The normalized spacial score (nSPS) is 21.5. The van der Waals surface area contributed by atoms with Gasteiger partial charge < -0.3 is 0 Å². The molecule has 2 nitrogen and oxygen atoms in total. The molecule has 0 aromatic heterocycles. The lowest BCUT2D eigenvalue weighted by atomic mass is 10.7. The average Bonchev–Trinajstić information content (AvgIpc) is 2.21. The van der Waals surface area contributed by atoms with Crippen LogP contribution in [0.3, 0.4) is 0 Å². The highest BCUT2D eigenvalue weighted by molar-refractivity contribution is 4.71. The molecule has 1 heterocycles. The lowest BCUT2D eigenvalue weighted by Crippen LogP contribution is -2.03. The predicted octanol–water partition coefficient (Wildman–Crippen LogP) is -0.415. The van der Waals surface area contributed by atoms with Crippen LogP contribution in [0, 0.1) is 0 Å². The van der Waals surface area contributed by atoms with E-state index in [1.807, 2.05) is 0 Å². The minimum absolute atomic E-state index is 0.569. The highest BCUT2D eigenvalue weighted by Gasteiger charge is 2.14. The van der Waals surface area contributed by atoms with Gasteiger partial charge in [0.15, 0.2) is 0 Å². The fourth-order valence-electron chi connectivity index (χ4n) is 0.452. The average molecular weight is 85.1 g/mol. The van der Waals surface area contributed by atoms with Gasteiger partial charge in [0.1, 0.15) is 0 Å². The Morgan fingerprint density at radius 2 is 2.17 bits per heavy atom. The number of nitrogens with zero attached hydrogens (tertiary/aromatic N) is 1. The second-order valence-electron chi connectivity index (χ2n) is 1.59. The lowest BCUT2D eigenvalue weighted by molar-refractivity contribution is 0.565. The summed E-state index contributed by atoms with van der Waals surface area (Å²) in [5.74, 6) is 0. The first kappa shape index (κ1) is 4.09. The van der Waals surface area contributed by atoms with Crippen molar-refractivity contribution in [3.05, 3.63) is 0 Å². The van der Waals surface area contributed by atoms with Gasteiger partial charge in [-0.2, -0.15) is 0 Å². The highest BCUT2D eigenvalue weighted by Crippen LogP contribution is 1.98. The van der Waals surface area contributed by atoms with Crippen LogP contribution in [0.4, 0.5) is 0 Å². The summed E-state index contributed by atoms with van der Waals surface area (Å²) in [6.45, 7) is 4.03. The maximum atomic E-state index is 6.73. The van der Waals surface area contributed by atoms with Crippen LogP contribution < -0.4 is 5.73 Å². The van der Waals surface area contributed by atoms with E-state index in [4.69, 9.17) is 5.73 Å². The van der Waals surface area contributed by atoms with E-state index in [0.29, 0.717) is 6.54 Å². The number of nitrogens with one attached hydrogen (secondary N) is 1. The van der Waals surface area contributed by atoms with Gasteiger partial charge in [0.25, 0.3) is 0 Å². The Kier molecular flexibility index (Phi) is 1.08. The quantitative estimate of drug-likeness (QED) is 0.418. The number of hydrogen-bond donors (Lipinski definition) is 0. The first-order valence-corrected chi connectivity index (χ1v) is 2.30. The smallest absolute Gasteiger partial charge is 0.0228 e. The molecule has 1 radical (unpaired) electrons. The van der Waals surface area contributed by atoms with Gasteiger partial charge in [-0.25, -0.2) is 0 Å². The van der Waals surface area contributed by atoms with E-state index in [-0.39, 0.29) is 0 Å². The minimum atomic E-state index is 0.569. The van der Waals surface area contributed by atoms with Gasteiger partial charge in [-0.1, -0.05) is 0 Å². The van der Waals surface area contributed by atoms with Crippen molar-refractivity contribution in [2.24, 2.45) is 0 Å². The summed E-state index contributed by atoms with van der Waals surface area (Å²) in [6, 6.07) is 0. The van der Waals surface area contributed by atoms with Gasteiger partial charge >= 0.3 is 0 Å². The zero-order valence-corrected chi connectivity index (χ0v) is 3.78. The van der Waals surface area contributed by atoms with Crippen LogP contribution in [0.2, 0.25) is 0 Å². The molecule has 0 aromatic carbocycles. The third-order valence-corrected chi connectivity index (χ3v) is 0.968. The molecule has 0 amide bonds. The van der Waals surface area contributed by atoms with Crippen molar-refractivity contribution in [2.75, 3.05) is 26.2 Å². The molecule has 1 aliphatic heterocycles. The molecule has 1 rings (SSSR count). The molecule has 0 unspecified atom stereocenters. The van der Waals surface area contributed by atoms with E-state index in [1.165, 1.54) is 13.1 Å². The fourth-order valence-corrected chi connectivity index (χ4v) is 0.452. The Hall–Kier alpha value is -0.0800. The Morgan fingerprint density at radius 1 is 1.50 bits per heavy atom. The Balaban J connectivity index is 1.88. The zero-order valence-electron chi connectivity index (χ0n) is 3.78. The molecule has 1 aliphatic rings. The summed E-state index contributed by atoms with van der Waals surface area (Å²) in [7, 11) is 0. The second kappa shape index (κ2) is 1.58. The van der Waals surface area contributed by atoms with Crippen LogP contribution in [0.15, 0.2) is 0 Å². The molecule has 1 saturated heterocycles. The van der Waals surface area contributed by atoms with Crippen molar-refractivity contribution >= 4 is 0 Å². The third kappa shape index (κ3) is 0.954. The number of rotatable bonds is 2. The summed E-state index contributed by atoms with van der Waals surface area (Å²) in [5, 5.41) is 0. The van der Waals surface area contributed by atoms with E-state index >= 15 is 0 Å². The monoisotopic (exact) mass is 85.1 g/mol. The Labute approximate surface area is 37.9 Å². The molecule has 2 heteroatoms. The van der Waals surface area contributed by atoms with Crippen LogP contribution in [-0.2, 0) is 0 Å². The van der Waals surface area contributed by atoms with Gasteiger partial charge in [-0.3, -0.25) is 10.6 Å². The van der Waals surface area contributed by atoms with Crippen LogP contribution in [0.1, 0.15) is 0 Å². The van der Waals surface area contributed by atoms with Gasteiger partial charge in [-0.15, -0.1) is 0 Å². The van der Waals surface area contributed by atoms with Gasteiger partial charge in [0.05, 0.1) is 0 Å². The van der Waals surface area contributed by atoms with Crippen molar-refractivity contribution in [2.45, 2.75) is 0 Å². The summed E-state index contributed by atoms with van der Waals surface area (Å²) >= 11 is 0. The molecule has 0 bridgehead atoms. The van der Waals surface area contributed by atoms with Crippen molar-refractivity contribution in [1.29, 1.82) is 0 Å². The molecule has 0 aliphatic carbocycles. The SMILES string of the molecule is [NH]CCN1CC1. The first-order chi connectivity index (χ1) is 2.93. The molecule has 0 spiro atoms. The largest absolute Gasteiger partial charge is 0.299 e. The summed E-state index contributed by atoms with van der Waals surface area (Å²) in [5.41, 5.74) is 6.73. The Bertz CT molecular complexity index is 40.8. The summed E-state index contributed by atoms with van der Waals surface area (Å²) < 4.78 is 0.